The number of para-hydroxylation sites is 2. The number of aromatic nitrogens is 2. The lowest BCUT2D eigenvalue weighted by Crippen LogP contribution is -2.22. The Balaban J connectivity index is 1.48. The first kappa shape index (κ1) is 19.1. The Labute approximate surface area is 168 Å². The van der Waals surface area contributed by atoms with Crippen LogP contribution in [0.2, 0.25) is 0 Å². The van der Waals surface area contributed by atoms with E-state index < -0.39 is 0 Å². The number of fused-ring (bicyclic) bond motifs is 2. The molecule has 2 aromatic heterocycles. The number of aryl methyl sites for hydroxylation is 1. The van der Waals surface area contributed by atoms with Crippen molar-refractivity contribution in [2.24, 2.45) is 0 Å². The summed E-state index contributed by atoms with van der Waals surface area (Å²) in [5.74, 6) is 0.512. The minimum absolute atomic E-state index is 0.0763. The predicted octanol–water partition coefficient (Wildman–Crippen LogP) is 4.17. The van der Waals surface area contributed by atoms with E-state index in [9.17, 15) is 4.79 Å². The summed E-state index contributed by atoms with van der Waals surface area (Å²) in [6.07, 6.45) is 1.92. The van der Waals surface area contributed by atoms with Crippen molar-refractivity contribution in [3.63, 3.8) is 0 Å². The Morgan fingerprint density at radius 2 is 2.29 bits per heavy atom. The van der Waals surface area contributed by atoms with Crippen LogP contribution in [0.3, 0.4) is 0 Å². The number of nitrogens with zero attached hydrogens (tertiary/aromatic N) is 2. The van der Waals surface area contributed by atoms with Crippen molar-refractivity contribution in [3.8, 4) is 0 Å². The van der Waals surface area contributed by atoms with E-state index in [0.717, 1.165) is 30.4 Å². The van der Waals surface area contributed by atoms with Crippen LogP contribution in [0.25, 0.3) is 11.0 Å². The second kappa shape index (κ2) is 8.86. The zero-order chi connectivity index (χ0) is 19.3. The molecule has 3 heterocycles. The molecule has 0 bridgehead atoms. The van der Waals surface area contributed by atoms with Gasteiger partial charge < -0.3 is 14.0 Å². The van der Waals surface area contributed by atoms with Crippen LogP contribution in [0.5, 0.6) is 0 Å². The van der Waals surface area contributed by atoms with Crippen molar-refractivity contribution in [2.75, 3.05) is 25.1 Å². The molecule has 1 aliphatic rings. The molecular weight excluding hydrogens is 374 g/mol. The molecule has 3 aromatic rings. The third-order valence-electron chi connectivity index (χ3n) is 4.91. The van der Waals surface area contributed by atoms with Gasteiger partial charge in [-0.1, -0.05) is 12.1 Å². The smallest absolute Gasteiger partial charge is 0.229 e. The molecule has 28 heavy (non-hydrogen) atoms. The lowest BCUT2D eigenvalue weighted by Gasteiger charge is -2.22. The second-order valence-electron chi connectivity index (χ2n) is 6.80. The van der Waals surface area contributed by atoms with E-state index in [1.165, 1.54) is 10.4 Å². The average molecular weight is 400 g/mol. The molecule has 0 aliphatic carbocycles. The van der Waals surface area contributed by atoms with Crippen LogP contribution in [-0.2, 0) is 27.2 Å². The van der Waals surface area contributed by atoms with Gasteiger partial charge in [0.2, 0.25) is 11.9 Å². The van der Waals surface area contributed by atoms with Gasteiger partial charge in [-0.3, -0.25) is 10.1 Å². The van der Waals surface area contributed by atoms with Crippen LogP contribution < -0.4 is 5.32 Å². The number of amides is 1. The second-order valence-corrected chi connectivity index (χ2v) is 7.75. The van der Waals surface area contributed by atoms with Crippen LogP contribution in [0, 0.1) is 0 Å². The van der Waals surface area contributed by atoms with Crippen molar-refractivity contribution >= 4 is 34.2 Å². The van der Waals surface area contributed by atoms with Crippen molar-refractivity contribution < 1.29 is 14.3 Å². The minimum Gasteiger partial charge on any atom is -0.382 e. The molecule has 0 radical (unpaired) electrons. The maximum absolute atomic E-state index is 12.8. The van der Waals surface area contributed by atoms with Crippen LogP contribution in [-0.4, -0.2) is 35.3 Å². The largest absolute Gasteiger partial charge is 0.382 e. The molecule has 1 aliphatic heterocycles. The maximum atomic E-state index is 12.8. The molecule has 0 unspecified atom stereocenters. The molecule has 148 valence electrons. The van der Waals surface area contributed by atoms with Crippen molar-refractivity contribution in [1.82, 2.24) is 9.55 Å². The first-order chi connectivity index (χ1) is 13.8. The number of anilines is 1. The summed E-state index contributed by atoms with van der Waals surface area (Å²) < 4.78 is 13.4. The van der Waals surface area contributed by atoms with Gasteiger partial charge in [-0.2, -0.15) is 0 Å². The SMILES string of the molecule is CCOCCCn1c(NC(=O)C[C@@H]2OCCc3ccsc32)nc2ccccc21. The zero-order valence-corrected chi connectivity index (χ0v) is 16.8. The van der Waals surface area contributed by atoms with E-state index in [1.54, 1.807) is 11.3 Å². The van der Waals surface area contributed by atoms with Gasteiger partial charge in [-0.05, 0) is 48.9 Å². The van der Waals surface area contributed by atoms with Crippen molar-refractivity contribution in [3.05, 3.63) is 46.2 Å². The van der Waals surface area contributed by atoms with E-state index >= 15 is 0 Å². The fraction of sp³-hybridized carbons (Fsp3) is 0.429. The van der Waals surface area contributed by atoms with Crippen molar-refractivity contribution in [1.29, 1.82) is 0 Å². The number of hydrogen-bond acceptors (Lipinski definition) is 5. The summed E-state index contributed by atoms with van der Waals surface area (Å²) in [5.41, 5.74) is 3.20. The topological polar surface area (TPSA) is 65.4 Å². The number of hydrogen-bond donors (Lipinski definition) is 1. The summed E-state index contributed by atoms with van der Waals surface area (Å²) in [6, 6.07) is 10.1. The first-order valence-electron chi connectivity index (χ1n) is 9.77. The molecule has 7 heteroatoms. The Hall–Kier alpha value is -2.22. The average Bonchev–Trinajstić information content (AvgIpc) is 3.30. The highest BCUT2D eigenvalue weighted by Crippen LogP contribution is 2.34. The van der Waals surface area contributed by atoms with E-state index in [2.05, 4.69) is 26.3 Å². The standard InChI is InChI=1S/C21H25N3O3S/c1-2-26-11-5-10-24-17-7-4-3-6-16(17)22-21(24)23-19(25)14-18-20-15(8-12-27-18)9-13-28-20/h3-4,6-7,9,13,18H,2,5,8,10-12,14H2,1H3,(H,22,23,25)/t18-/m0/s1. The molecule has 0 spiro atoms. The minimum atomic E-state index is -0.167. The Morgan fingerprint density at radius 1 is 1.39 bits per heavy atom. The van der Waals surface area contributed by atoms with E-state index in [-0.39, 0.29) is 12.0 Å². The van der Waals surface area contributed by atoms with Gasteiger partial charge in [0.05, 0.1) is 24.1 Å². The molecule has 1 aromatic carbocycles. The Bertz CT molecular complexity index is 949. The number of thiophene rings is 1. The predicted molar refractivity (Wildman–Crippen MR) is 111 cm³/mol. The highest BCUT2D eigenvalue weighted by molar-refractivity contribution is 7.10. The maximum Gasteiger partial charge on any atom is 0.229 e. The Morgan fingerprint density at radius 3 is 3.18 bits per heavy atom. The van der Waals surface area contributed by atoms with Gasteiger partial charge >= 0.3 is 0 Å². The number of benzene rings is 1. The molecule has 0 fully saturated rings. The molecule has 6 nitrogen and oxygen atoms in total. The summed E-state index contributed by atoms with van der Waals surface area (Å²) in [5, 5.41) is 5.08. The molecule has 4 rings (SSSR count). The van der Waals surface area contributed by atoms with Gasteiger partial charge in [0.25, 0.3) is 0 Å². The number of rotatable bonds is 8. The Kier molecular flexibility index (Phi) is 6.04. The van der Waals surface area contributed by atoms with Crippen LogP contribution in [0.1, 0.15) is 36.3 Å². The number of imidazole rings is 1. The van der Waals surface area contributed by atoms with Gasteiger partial charge in [-0.15, -0.1) is 11.3 Å². The zero-order valence-electron chi connectivity index (χ0n) is 16.0. The van der Waals surface area contributed by atoms with Crippen LogP contribution in [0.15, 0.2) is 35.7 Å². The number of carbonyl (C=O) groups excluding carboxylic acids is 1. The van der Waals surface area contributed by atoms with E-state index in [0.29, 0.717) is 32.2 Å². The number of carbonyl (C=O) groups is 1. The lowest BCUT2D eigenvalue weighted by molar-refractivity contribution is -0.119. The van der Waals surface area contributed by atoms with E-state index in [1.807, 2.05) is 31.2 Å². The quantitative estimate of drug-likeness (QED) is 0.578. The number of ether oxygens (including phenoxy) is 2. The fourth-order valence-corrected chi connectivity index (χ4v) is 4.59. The number of nitrogens with one attached hydrogen (secondary N) is 1. The summed E-state index contributed by atoms with van der Waals surface area (Å²) in [4.78, 5) is 18.6. The van der Waals surface area contributed by atoms with Crippen molar-refractivity contribution in [2.45, 2.75) is 38.8 Å². The summed E-state index contributed by atoms with van der Waals surface area (Å²) in [7, 11) is 0. The summed E-state index contributed by atoms with van der Waals surface area (Å²) >= 11 is 1.66. The molecule has 1 atom stereocenters. The fourth-order valence-electron chi connectivity index (χ4n) is 3.59. The highest BCUT2D eigenvalue weighted by atomic mass is 32.1. The first-order valence-corrected chi connectivity index (χ1v) is 10.6. The van der Waals surface area contributed by atoms with Gasteiger partial charge in [0.1, 0.15) is 6.10 Å². The third-order valence-corrected chi connectivity index (χ3v) is 5.97. The van der Waals surface area contributed by atoms with E-state index in [4.69, 9.17) is 9.47 Å². The molecule has 0 saturated carbocycles. The van der Waals surface area contributed by atoms with Gasteiger partial charge in [-0.25, -0.2) is 4.98 Å². The van der Waals surface area contributed by atoms with Gasteiger partial charge in [0.15, 0.2) is 0 Å². The molecule has 0 saturated heterocycles. The molecular formula is C21H25N3O3S. The molecule has 1 N–H and O–H groups in total. The van der Waals surface area contributed by atoms with Crippen LogP contribution in [0.4, 0.5) is 5.95 Å². The van der Waals surface area contributed by atoms with Crippen LogP contribution >= 0.6 is 11.3 Å². The normalized spacial score (nSPS) is 16.2. The lowest BCUT2D eigenvalue weighted by atomic mass is 10.1. The van der Waals surface area contributed by atoms with Gasteiger partial charge in [0, 0.05) is 24.6 Å². The summed E-state index contributed by atoms with van der Waals surface area (Å²) in [6.45, 7) is 4.79. The molecule has 1 amide bonds. The third kappa shape index (κ3) is 4.11. The monoisotopic (exact) mass is 399 g/mol. The highest BCUT2D eigenvalue weighted by Gasteiger charge is 2.25.